The number of rotatable bonds is 1. The molecule has 4 aromatic rings. The summed E-state index contributed by atoms with van der Waals surface area (Å²) < 4.78 is 2.09. The number of hydrogen-bond donors (Lipinski definition) is 0. The van der Waals surface area contributed by atoms with Crippen molar-refractivity contribution < 1.29 is 0 Å². The summed E-state index contributed by atoms with van der Waals surface area (Å²) in [4.78, 5) is 14.3. The standard InChI is InChI=1S/C14H10N4S/c1-9-17-11-4-2-3-5-12(11)18(9)13-10-6-7-19-14(10)16-8-15-13/h2-8H,1H3. The topological polar surface area (TPSA) is 43.6 Å². The molecule has 0 aliphatic carbocycles. The normalized spacial score (nSPS) is 11.4. The van der Waals surface area contributed by atoms with Crippen LogP contribution in [-0.4, -0.2) is 19.5 Å². The van der Waals surface area contributed by atoms with Gasteiger partial charge in [0.25, 0.3) is 0 Å². The molecule has 19 heavy (non-hydrogen) atoms. The van der Waals surface area contributed by atoms with Crippen LogP contribution in [0.1, 0.15) is 5.82 Å². The van der Waals surface area contributed by atoms with E-state index >= 15 is 0 Å². The molecule has 5 heteroatoms. The molecule has 0 radical (unpaired) electrons. The fourth-order valence-corrected chi connectivity index (χ4v) is 3.10. The molecule has 0 amide bonds. The van der Waals surface area contributed by atoms with Crippen molar-refractivity contribution in [1.29, 1.82) is 0 Å². The van der Waals surface area contributed by atoms with E-state index in [1.807, 2.05) is 30.5 Å². The summed E-state index contributed by atoms with van der Waals surface area (Å²) >= 11 is 1.63. The van der Waals surface area contributed by atoms with Gasteiger partial charge in [0.15, 0.2) is 5.82 Å². The maximum absolute atomic E-state index is 4.59. The number of benzene rings is 1. The number of imidazole rings is 1. The van der Waals surface area contributed by atoms with Crippen molar-refractivity contribution in [3.05, 3.63) is 47.9 Å². The Morgan fingerprint density at radius 2 is 2.00 bits per heavy atom. The van der Waals surface area contributed by atoms with Gasteiger partial charge < -0.3 is 0 Å². The van der Waals surface area contributed by atoms with Gasteiger partial charge in [-0.25, -0.2) is 15.0 Å². The lowest BCUT2D eigenvalue weighted by atomic mass is 10.3. The molecule has 0 aliphatic heterocycles. The molecule has 0 bridgehead atoms. The van der Waals surface area contributed by atoms with Gasteiger partial charge in [-0.2, -0.15) is 0 Å². The second-order valence-electron chi connectivity index (χ2n) is 4.32. The second kappa shape index (κ2) is 3.86. The van der Waals surface area contributed by atoms with Crippen molar-refractivity contribution in [3.8, 4) is 5.82 Å². The second-order valence-corrected chi connectivity index (χ2v) is 5.21. The highest BCUT2D eigenvalue weighted by Gasteiger charge is 2.13. The van der Waals surface area contributed by atoms with E-state index in [0.717, 1.165) is 32.9 Å². The van der Waals surface area contributed by atoms with Gasteiger partial charge in [0.1, 0.15) is 17.0 Å². The van der Waals surface area contributed by atoms with Gasteiger partial charge in [0.2, 0.25) is 0 Å². The number of nitrogens with zero attached hydrogens (tertiary/aromatic N) is 4. The fraction of sp³-hybridized carbons (Fsp3) is 0.0714. The lowest BCUT2D eigenvalue weighted by Crippen LogP contribution is -2.00. The summed E-state index contributed by atoms with van der Waals surface area (Å²) in [6, 6.07) is 10.2. The van der Waals surface area contributed by atoms with Crippen molar-refractivity contribution >= 4 is 32.6 Å². The zero-order valence-corrected chi connectivity index (χ0v) is 11.1. The smallest absolute Gasteiger partial charge is 0.150 e. The minimum Gasteiger partial charge on any atom is -0.280 e. The number of para-hydroxylation sites is 2. The van der Waals surface area contributed by atoms with Crippen LogP contribution >= 0.6 is 11.3 Å². The van der Waals surface area contributed by atoms with E-state index in [1.165, 1.54) is 0 Å². The van der Waals surface area contributed by atoms with E-state index < -0.39 is 0 Å². The molecule has 0 saturated heterocycles. The van der Waals surface area contributed by atoms with Gasteiger partial charge in [-0.15, -0.1) is 11.3 Å². The number of aromatic nitrogens is 4. The quantitative estimate of drug-likeness (QED) is 0.530. The number of fused-ring (bicyclic) bond motifs is 2. The first-order chi connectivity index (χ1) is 9.34. The Kier molecular flexibility index (Phi) is 2.16. The largest absolute Gasteiger partial charge is 0.280 e. The summed E-state index contributed by atoms with van der Waals surface area (Å²) in [6.07, 6.45) is 1.61. The van der Waals surface area contributed by atoms with Gasteiger partial charge in [0.05, 0.1) is 16.4 Å². The fourth-order valence-electron chi connectivity index (χ4n) is 2.37. The van der Waals surface area contributed by atoms with E-state index in [1.54, 1.807) is 17.7 Å². The summed E-state index contributed by atoms with van der Waals surface area (Å²) in [5, 5.41) is 3.11. The van der Waals surface area contributed by atoms with Crippen molar-refractivity contribution in [1.82, 2.24) is 19.5 Å². The molecule has 0 spiro atoms. The number of aryl methyl sites for hydroxylation is 1. The van der Waals surface area contributed by atoms with E-state index in [0.29, 0.717) is 0 Å². The number of hydrogen-bond acceptors (Lipinski definition) is 4. The average molecular weight is 266 g/mol. The summed E-state index contributed by atoms with van der Waals surface area (Å²) in [7, 11) is 0. The first-order valence-corrected chi connectivity index (χ1v) is 6.85. The molecule has 0 unspecified atom stereocenters. The Balaban J connectivity index is 2.15. The van der Waals surface area contributed by atoms with Crippen LogP contribution in [-0.2, 0) is 0 Å². The predicted octanol–water partition coefficient (Wildman–Crippen LogP) is 3.34. The van der Waals surface area contributed by atoms with E-state index in [2.05, 4.69) is 31.7 Å². The molecule has 4 rings (SSSR count). The minimum atomic E-state index is 0.900. The SMILES string of the molecule is Cc1nc2ccccc2n1-c1ncnc2sccc12. The van der Waals surface area contributed by atoms with Crippen molar-refractivity contribution in [2.75, 3.05) is 0 Å². The molecule has 0 atom stereocenters. The molecule has 92 valence electrons. The van der Waals surface area contributed by atoms with Crippen LogP contribution in [0, 0.1) is 6.92 Å². The summed E-state index contributed by atoms with van der Waals surface area (Å²) in [5.41, 5.74) is 2.06. The zero-order valence-electron chi connectivity index (χ0n) is 10.2. The Hall–Kier alpha value is -2.27. The van der Waals surface area contributed by atoms with Crippen LogP contribution in [0.15, 0.2) is 42.0 Å². The molecule has 3 heterocycles. The zero-order chi connectivity index (χ0) is 12.8. The Labute approximate surface area is 113 Å². The van der Waals surface area contributed by atoms with E-state index in [9.17, 15) is 0 Å². The molecular formula is C14H10N4S. The van der Waals surface area contributed by atoms with Gasteiger partial charge in [0, 0.05) is 0 Å². The molecule has 1 aromatic carbocycles. The van der Waals surface area contributed by atoms with Crippen molar-refractivity contribution in [3.63, 3.8) is 0 Å². The first-order valence-electron chi connectivity index (χ1n) is 5.97. The van der Waals surface area contributed by atoms with Gasteiger partial charge in [-0.3, -0.25) is 4.57 Å². The van der Waals surface area contributed by atoms with Crippen LogP contribution in [0.5, 0.6) is 0 Å². The third kappa shape index (κ3) is 1.48. The molecular weight excluding hydrogens is 256 g/mol. The predicted molar refractivity (Wildman–Crippen MR) is 76.8 cm³/mol. The highest BCUT2D eigenvalue weighted by atomic mass is 32.1. The van der Waals surface area contributed by atoms with Crippen molar-refractivity contribution in [2.45, 2.75) is 6.92 Å². The molecule has 0 N–H and O–H groups in total. The van der Waals surface area contributed by atoms with E-state index in [4.69, 9.17) is 0 Å². The molecule has 4 nitrogen and oxygen atoms in total. The van der Waals surface area contributed by atoms with Crippen molar-refractivity contribution in [2.24, 2.45) is 0 Å². The van der Waals surface area contributed by atoms with Crippen LogP contribution in [0.25, 0.3) is 27.1 Å². The highest BCUT2D eigenvalue weighted by Crippen LogP contribution is 2.27. The Morgan fingerprint density at radius 3 is 2.95 bits per heavy atom. The van der Waals surface area contributed by atoms with Gasteiger partial charge >= 0.3 is 0 Å². The summed E-state index contributed by atoms with van der Waals surface area (Å²) in [5.74, 6) is 1.84. The van der Waals surface area contributed by atoms with Crippen LogP contribution in [0.4, 0.5) is 0 Å². The Bertz CT molecular complexity index is 891. The Morgan fingerprint density at radius 1 is 1.11 bits per heavy atom. The number of thiophene rings is 1. The maximum Gasteiger partial charge on any atom is 0.150 e. The van der Waals surface area contributed by atoms with Crippen LogP contribution < -0.4 is 0 Å². The third-order valence-electron chi connectivity index (χ3n) is 3.18. The minimum absolute atomic E-state index is 0.900. The highest BCUT2D eigenvalue weighted by molar-refractivity contribution is 7.16. The molecule has 0 fully saturated rings. The average Bonchev–Trinajstić information content (AvgIpc) is 3.01. The third-order valence-corrected chi connectivity index (χ3v) is 4.00. The molecule has 0 aliphatic rings. The molecule has 3 aromatic heterocycles. The lowest BCUT2D eigenvalue weighted by molar-refractivity contribution is 0.960. The van der Waals surface area contributed by atoms with Crippen LogP contribution in [0.3, 0.4) is 0 Å². The van der Waals surface area contributed by atoms with Gasteiger partial charge in [-0.05, 0) is 30.5 Å². The summed E-state index contributed by atoms with van der Waals surface area (Å²) in [6.45, 7) is 2.00. The van der Waals surface area contributed by atoms with Gasteiger partial charge in [-0.1, -0.05) is 12.1 Å². The monoisotopic (exact) mass is 266 g/mol. The van der Waals surface area contributed by atoms with E-state index in [-0.39, 0.29) is 0 Å². The first kappa shape index (κ1) is 10.6. The molecule has 0 saturated carbocycles. The van der Waals surface area contributed by atoms with Crippen LogP contribution in [0.2, 0.25) is 0 Å². The maximum atomic E-state index is 4.59. The lowest BCUT2D eigenvalue weighted by Gasteiger charge is -2.06.